The topological polar surface area (TPSA) is 85.8 Å². The highest BCUT2D eigenvalue weighted by molar-refractivity contribution is 9.10. The minimum Gasteiger partial charge on any atom is -0.369 e. The molecule has 2 aromatic rings. The van der Waals surface area contributed by atoms with Gasteiger partial charge in [-0.1, -0.05) is 6.92 Å². The molecule has 0 radical (unpaired) electrons. The highest BCUT2D eigenvalue weighted by atomic mass is 79.9. The van der Waals surface area contributed by atoms with E-state index in [1.54, 1.807) is 10.8 Å². The van der Waals surface area contributed by atoms with Crippen LogP contribution in [-0.2, 0) is 11.3 Å². The van der Waals surface area contributed by atoms with E-state index in [4.69, 9.17) is 5.73 Å². The molecule has 0 unspecified atom stereocenters. The van der Waals surface area contributed by atoms with Gasteiger partial charge in [0, 0.05) is 30.2 Å². The molecule has 3 N–H and O–H groups in total. The Labute approximate surface area is 119 Å². The van der Waals surface area contributed by atoms with Gasteiger partial charge in [-0.15, -0.1) is 0 Å². The van der Waals surface area contributed by atoms with Crippen LogP contribution >= 0.6 is 15.9 Å². The van der Waals surface area contributed by atoms with Gasteiger partial charge in [-0.3, -0.25) is 9.36 Å². The van der Waals surface area contributed by atoms with E-state index in [-0.39, 0.29) is 5.91 Å². The monoisotopic (exact) mass is 325 g/mol. The number of pyridine rings is 1. The van der Waals surface area contributed by atoms with Crippen LogP contribution in [-0.4, -0.2) is 27.0 Å². The maximum absolute atomic E-state index is 11.6. The van der Waals surface area contributed by atoms with E-state index in [0.717, 1.165) is 16.4 Å². The van der Waals surface area contributed by atoms with E-state index in [0.29, 0.717) is 31.1 Å². The molecule has 0 fully saturated rings. The number of nitrogens with two attached hydrogens (primary N) is 1. The quantitative estimate of drug-likeness (QED) is 0.875. The van der Waals surface area contributed by atoms with Crippen LogP contribution in [0.2, 0.25) is 0 Å². The molecule has 2 rings (SSSR count). The Morgan fingerprint density at radius 3 is 3.11 bits per heavy atom. The Kier molecular flexibility index (Phi) is 4.36. The lowest BCUT2D eigenvalue weighted by atomic mass is 10.3. The van der Waals surface area contributed by atoms with E-state index < -0.39 is 0 Å². The van der Waals surface area contributed by atoms with Gasteiger partial charge >= 0.3 is 0 Å². The molecule has 0 aliphatic heterocycles. The molecular formula is C12H16BrN5O. The molecule has 7 heteroatoms. The van der Waals surface area contributed by atoms with Crippen molar-refractivity contribution in [3.63, 3.8) is 0 Å². The summed E-state index contributed by atoms with van der Waals surface area (Å²) in [5.74, 6) is 0.393. The molecule has 0 bridgehead atoms. The Hall–Kier alpha value is -1.63. The standard InChI is InChI=1S/C12H16BrN5O/c1-2-4-15-10(19)3-5-18-11-9(17-12(18)14)6-8(13)7-16-11/h6-7H,2-5H2,1H3,(H2,14,17)(H,15,19). The second-order valence-electron chi connectivity index (χ2n) is 4.22. The Morgan fingerprint density at radius 2 is 2.37 bits per heavy atom. The maximum atomic E-state index is 11.6. The minimum absolute atomic E-state index is 0.0141. The van der Waals surface area contributed by atoms with Crippen LogP contribution in [0.4, 0.5) is 5.95 Å². The molecule has 0 aliphatic carbocycles. The van der Waals surface area contributed by atoms with Gasteiger partial charge in [0.2, 0.25) is 11.9 Å². The average Bonchev–Trinajstić information content (AvgIpc) is 2.68. The number of nitrogen functional groups attached to an aromatic ring is 1. The minimum atomic E-state index is 0.0141. The number of rotatable bonds is 5. The van der Waals surface area contributed by atoms with Gasteiger partial charge in [0.1, 0.15) is 5.52 Å². The van der Waals surface area contributed by atoms with Gasteiger partial charge in [-0.25, -0.2) is 9.97 Å². The SMILES string of the molecule is CCCNC(=O)CCn1c(N)nc2cc(Br)cnc21. The Morgan fingerprint density at radius 1 is 1.58 bits per heavy atom. The number of hydrogen-bond donors (Lipinski definition) is 2. The molecule has 0 atom stereocenters. The molecule has 102 valence electrons. The van der Waals surface area contributed by atoms with Crippen LogP contribution in [0.25, 0.3) is 11.2 Å². The second kappa shape index (κ2) is 6.01. The third-order valence-electron chi connectivity index (χ3n) is 2.72. The van der Waals surface area contributed by atoms with Gasteiger partial charge in [-0.2, -0.15) is 0 Å². The third-order valence-corrected chi connectivity index (χ3v) is 3.15. The van der Waals surface area contributed by atoms with E-state index in [9.17, 15) is 4.79 Å². The van der Waals surface area contributed by atoms with Crippen molar-refractivity contribution in [2.75, 3.05) is 12.3 Å². The average molecular weight is 326 g/mol. The second-order valence-corrected chi connectivity index (χ2v) is 5.13. The summed E-state index contributed by atoms with van der Waals surface area (Å²) in [6, 6.07) is 1.85. The van der Waals surface area contributed by atoms with Crippen molar-refractivity contribution in [3.8, 4) is 0 Å². The highest BCUT2D eigenvalue weighted by Crippen LogP contribution is 2.19. The summed E-state index contributed by atoms with van der Waals surface area (Å²) in [6.45, 7) is 3.19. The molecule has 0 aliphatic rings. The fourth-order valence-corrected chi connectivity index (χ4v) is 2.11. The summed E-state index contributed by atoms with van der Waals surface area (Å²) < 4.78 is 2.61. The van der Waals surface area contributed by atoms with Crippen molar-refractivity contribution in [2.45, 2.75) is 26.3 Å². The molecule has 6 nitrogen and oxygen atoms in total. The van der Waals surface area contributed by atoms with Gasteiger partial charge in [-0.05, 0) is 28.4 Å². The van der Waals surface area contributed by atoms with Crippen molar-refractivity contribution in [1.29, 1.82) is 0 Å². The van der Waals surface area contributed by atoms with Crippen LogP contribution in [0, 0.1) is 0 Å². The smallest absolute Gasteiger partial charge is 0.221 e. The summed E-state index contributed by atoms with van der Waals surface area (Å²) in [6.07, 6.45) is 2.99. The van der Waals surface area contributed by atoms with Crippen LogP contribution in [0.3, 0.4) is 0 Å². The van der Waals surface area contributed by atoms with Crippen LogP contribution in [0.15, 0.2) is 16.7 Å². The zero-order valence-electron chi connectivity index (χ0n) is 10.7. The first kappa shape index (κ1) is 13.8. The predicted octanol–water partition coefficient (Wildman–Crippen LogP) is 1.69. The number of nitrogens with zero attached hydrogens (tertiary/aromatic N) is 3. The van der Waals surface area contributed by atoms with Gasteiger partial charge in [0.15, 0.2) is 5.65 Å². The Balaban J connectivity index is 2.12. The summed E-state index contributed by atoms with van der Waals surface area (Å²) >= 11 is 3.34. The van der Waals surface area contributed by atoms with Crippen LogP contribution in [0.1, 0.15) is 19.8 Å². The predicted molar refractivity (Wildman–Crippen MR) is 77.6 cm³/mol. The van der Waals surface area contributed by atoms with E-state index in [2.05, 4.69) is 31.2 Å². The van der Waals surface area contributed by atoms with E-state index in [1.807, 2.05) is 13.0 Å². The summed E-state index contributed by atoms with van der Waals surface area (Å²) in [4.78, 5) is 20.1. The Bertz CT molecular complexity index is 595. The number of halogens is 1. The number of imidazole rings is 1. The van der Waals surface area contributed by atoms with Crippen molar-refractivity contribution in [3.05, 3.63) is 16.7 Å². The number of carbonyl (C=O) groups excluding carboxylic acids is 1. The molecule has 1 amide bonds. The number of hydrogen-bond acceptors (Lipinski definition) is 4. The fourth-order valence-electron chi connectivity index (χ4n) is 1.79. The first-order valence-electron chi connectivity index (χ1n) is 6.15. The van der Waals surface area contributed by atoms with Crippen molar-refractivity contribution >= 4 is 38.9 Å². The zero-order valence-corrected chi connectivity index (χ0v) is 12.3. The third kappa shape index (κ3) is 3.23. The first-order chi connectivity index (χ1) is 9.11. The molecule has 0 spiro atoms. The van der Waals surface area contributed by atoms with Crippen molar-refractivity contribution in [1.82, 2.24) is 19.9 Å². The van der Waals surface area contributed by atoms with E-state index >= 15 is 0 Å². The van der Waals surface area contributed by atoms with Crippen LogP contribution in [0.5, 0.6) is 0 Å². The lowest BCUT2D eigenvalue weighted by Gasteiger charge is -2.06. The number of fused-ring (bicyclic) bond motifs is 1. The van der Waals surface area contributed by atoms with E-state index in [1.165, 1.54) is 0 Å². The number of anilines is 1. The highest BCUT2D eigenvalue weighted by Gasteiger charge is 2.11. The van der Waals surface area contributed by atoms with Gasteiger partial charge < -0.3 is 11.1 Å². The number of amides is 1. The summed E-state index contributed by atoms with van der Waals surface area (Å²) in [5.41, 5.74) is 7.28. The van der Waals surface area contributed by atoms with Crippen molar-refractivity contribution in [2.24, 2.45) is 0 Å². The first-order valence-corrected chi connectivity index (χ1v) is 6.95. The van der Waals surface area contributed by atoms with Crippen LogP contribution < -0.4 is 11.1 Å². The molecule has 0 saturated heterocycles. The molecule has 19 heavy (non-hydrogen) atoms. The number of carbonyl (C=O) groups is 1. The number of aromatic nitrogens is 3. The summed E-state index contributed by atoms with van der Waals surface area (Å²) in [5, 5.41) is 2.83. The van der Waals surface area contributed by atoms with Gasteiger partial charge in [0.25, 0.3) is 0 Å². The normalized spacial score (nSPS) is 10.8. The van der Waals surface area contributed by atoms with Gasteiger partial charge in [0.05, 0.1) is 0 Å². The molecule has 0 saturated carbocycles. The number of aryl methyl sites for hydroxylation is 1. The lowest BCUT2D eigenvalue weighted by Crippen LogP contribution is -2.25. The molecule has 2 aromatic heterocycles. The number of nitrogens with one attached hydrogen (secondary N) is 1. The zero-order chi connectivity index (χ0) is 13.8. The fraction of sp³-hybridized carbons (Fsp3) is 0.417. The largest absolute Gasteiger partial charge is 0.369 e. The molecule has 2 heterocycles. The maximum Gasteiger partial charge on any atom is 0.221 e. The van der Waals surface area contributed by atoms with Crippen molar-refractivity contribution < 1.29 is 4.79 Å². The summed E-state index contributed by atoms with van der Waals surface area (Å²) in [7, 11) is 0. The molecule has 0 aromatic carbocycles. The lowest BCUT2D eigenvalue weighted by molar-refractivity contribution is -0.121. The molecular weight excluding hydrogens is 310 g/mol.